The highest BCUT2D eigenvalue weighted by Crippen LogP contribution is 2.23. The van der Waals surface area contributed by atoms with Crippen molar-refractivity contribution in [2.24, 2.45) is 5.92 Å². The second kappa shape index (κ2) is 6.97. The molecule has 98 valence electrons. The summed E-state index contributed by atoms with van der Waals surface area (Å²) in [5.74, 6) is 0.669. The number of hydrogen-bond acceptors (Lipinski definition) is 4. The van der Waals surface area contributed by atoms with E-state index in [2.05, 4.69) is 50.3 Å². The molecule has 0 radical (unpaired) electrons. The average molecular weight is 255 g/mol. The van der Waals surface area contributed by atoms with Crippen LogP contribution in [-0.4, -0.2) is 25.1 Å². The normalized spacial score (nSPS) is 13.1. The first-order chi connectivity index (χ1) is 8.04. The fourth-order valence-electron chi connectivity index (χ4n) is 1.74. The van der Waals surface area contributed by atoms with Gasteiger partial charge in [0.15, 0.2) is 5.13 Å². The summed E-state index contributed by atoms with van der Waals surface area (Å²) in [6, 6.07) is 0.354. The van der Waals surface area contributed by atoms with Gasteiger partial charge in [0.25, 0.3) is 0 Å². The molecule has 0 fully saturated rings. The van der Waals surface area contributed by atoms with Gasteiger partial charge in [-0.1, -0.05) is 20.8 Å². The van der Waals surface area contributed by atoms with Crippen LogP contribution in [-0.2, 0) is 0 Å². The van der Waals surface area contributed by atoms with E-state index in [9.17, 15) is 0 Å². The van der Waals surface area contributed by atoms with Crippen molar-refractivity contribution < 1.29 is 0 Å². The zero-order chi connectivity index (χ0) is 12.8. The Labute approximate surface area is 109 Å². The molecule has 1 rings (SSSR count). The van der Waals surface area contributed by atoms with Crippen LogP contribution in [0.2, 0.25) is 0 Å². The van der Waals surface area contributed by atoms with E-state index in [4.69, 9.17) is 4.98 Å². The number of aromatic nitrogens is 1. The van der Waals surface area contributed by atoms with Crippen molar-refractivity contribution in [2.75, 3.05) is 25.0 Å². The minimum atomic E-state index is 0.354. The van der Waals surface area contributed by atoms with Gasteiger partial charge in [-0.25, -0.2) is 4.98 Å². The van der Waals surface area contributed by atoms with Gasteiger partial charge >= 0.3 is 0 Å². The smallest absolute Gasteiger partial charge is 0.185 e. The van der Waals surface area contributed by atoms with E-state index < -0.39 is 0 Å². The number of nitrogens with one attached hydrogen (secondary N) is 1. The number of hydrogen-bond donors (Lipinski definition) is 1. The van der Waals surface area contributed by atoms with Crippen molar-refractivity contribution in [1.82, 2.24) is 10.3 Å². The number of anilines is 1. The Balaban J connectivity index is 2.57. The quantitative estimate of drug-likeness (QED) is 0.810. The summed E-state index contributed by atoms with van der Waals surface area (Å²) in [6.45, 7) is 10.9. The molecule has 1 unspecified atom stereocenters. The highest BCUT2D eigenvalue weighted by molar-refractivity contribution is 7.13. The van der Waals surface area contributed by atoms with E-state index in [1.807, 2.05) is 0 Å². The van der Waals surface area contributed by atoms with Crippen molar-refractivity contribution in [3.05, 3.63) is 11.1 Å². The Morgan fingerprint density at radius 2 is 2.12 bits per heavy atom. The molecule has 0 bridgehead atoms. The average Bonchev–Trinajstić information content (AvgIpc) is 2.74. The molecule has 0 saturated carbocycles. The SMILES string of the molecule is CCCNC(C)c1csc(N(C)CC(C)C)n1. The molecule has 0 aliphatic carbocycles. The summed E-state index contributed by atoms with van der Waals surface area (Å²) < 4.78 is 0. The van der Waals surface area contributed by atoms with Crippen molar-refractivity contribution in [2.45, 2.75) is 40.2 Å². The second-order valence-electron chi connectivity index (χ2n) is 5.01. The topological polar surface area (TPSA) is 28.2 Å². The summed E-state index contributed by atoms with van der Waals surface area (Å²) in [7, 11) is 2.12. The van der Waals surface area contributed by atoms with Crippen LogP contribution in [0.1, 0.15) is 45.9 Å². The third kappa shape index (κ3) is 4.64. The van der Waals surface area contributed by atoms with Crippen LogP contribution >= 0.6 is 11.3 Å². The molecule has 0 amide bonds. The molecule has 1 aromatic rings. The van der Waals surface area contributed by atoms with Gasteiger partial charge in [-0.3, -0.25) is 0 Å². The van der Waals surface area contributed by atoms with Crippen LogP contribution in [0, 0.1) is 5.92 Å². The van der Waals surface area contributed by atoms with Gasteiger partial charge in [0, 0.05) is 25.0 Å². The van der Waals surface area contributed by atoms with Crippen LogP contribution in [0.5, 0.6) is 0 Å². The fourth-order valence-corrected chi connectivity index (χ4v) is 2.64. The van der Waals surface area contributed by atoms with Gasteiger partial charge < -0.3 is 10.2 Å². The first-order valence-electron chi connectivity index (χ1n) is 6.44. The maximum atomic E-state index is 4.70. The standard InChI is InChI=1S/C13H25N3S/c1-6-7-14-11(4)12-9-17-13(15-12)16(5)8-10(2)3/h9-11,14H,6-8H2,1-5H3. The number of rotatable bonds is 7. The van der Waals surface area contributed by atoms with Crippen molar-refractivity contribution in [1.29, 1.82) is 0 Å². The molecular weight excluding hydrogens is 230 g/mol. The zero-order valence-corrected chi connectivity index (χ0v) is 12.5. The van der Waals surface area contributed by atoms with E-state index in [-0.39, 0.29) is 0 Å². The maximum absolute atomic E-state index is 4.70. The van der Waals surface area contributed by atoms with Crippen LogP contribution in [0.4, 0.5) is 5.13 Å². The lowest BCUT2D eigenvalue weighted by molar-refractivity contribution is 0.560. The highest BCUT2D eigenvalue weighted by Gasteiger charge is 2.12. The number of nitrogens with zero attached hydrogens (tertiary/aromatic N) is 2. The molecular formula is C13H25N3S. The molecule has 0 saturated heterocycles. The lowest BCUT2D eigenvalue weighted by Crippen LogP contribution is -2.23. The van der Waals surface area contributed by atoms with Crippen molar-refractivity contribution in [3.63, 3.8) is 0 Å². The predicted molar refractivity (Wildman–Crippen MR) is 76.9 cm³/mol. The van der Waals surface area contributed by atoms with E-state index >= 15 is 0 Å². The molecule has 0 aliphatic heterocycles. The molecule has 3 nitrogen and oxygen atoms in total. The van der Waals surface area contributed by atoms with Gasteiger partial charge in [0.05, 0.1) is 5.69 Å². The van der Waals surface area contributed by atoms with E-state index in [0.717, 1.165) is 30.3 Å². The highest BCUT2D eigenvalue weighted by atomic mass is 32.1. The van der Waals surface area contributed by atoms with Gasteiger partial charge in [0.1, 0.15) is 0 Å². The molecule has 0 aliphatic rings. The third-order valence-electron chi connectivity index (χ3n) is 2.62. The first-order valence-corrected chi connectivity index (χ1v) is 7.32. The van der Waals surface area contributed by atoms with Crippen LogP contribution in [0.3, 0.4) is 0 Å². The second-order valence-corrected chi connectivity index (χ2v) is 5.84. The molecule has 1 N–H and O–H groups in total. The van der Waals surface area contributed by atoms with E-state index in [0.29, 0.717) is 12.0 Å². The van der Waals surface area contributed by atoms with E-state index in [1.165, 1.54) is 0 Å². The molecule has 1 atom stereocenters. The van der Waals surface area contributed by atoms with E-state index in [1.54, 1.807) is 11.3 Å². The Morgan fingerprint density at radius 3 is 2.71 bits per heavy atom. The van der Waals surface area contributed by atoms with Gasteiger partial charge in [-0.2, -0.15) is 0 Å². The summed E-state index contributed by atoms with van der Waals surface area (Å²) in [6.07, 6.45) is 1.16. The minimum Gasteiger partial charge on any atom is -0.351 e. The Hall–Kier alpha value is -0.610. The monoisotopic (exact) mass is 255 g/mol. The molecule has 0 spiro atoms. The van der Waals surface area contributed by atoms with Gasteiger partial charge in [-0.05, 0) is 25.8 Å². The maximum Gasteiger partial charge on any atom is 0.185 e. The minimum absolute atomic E-state index is 0.354. The predicted octanol–water partition coefficient (Wildman–Crippen LogP) is 3.30. The van der Waals surface area contributed by atoms with Crippen molar-refractivity contribution >= 4 is 16.5 Å². The molecule has 1 aromatic heterocycles. The number of thiazole rings is 1. The van der Waals surface area contributed by atoms with Gasteiger partial charge in [-0.15, -0.1) is 11.3 Å². The lowest BCUT2D eigenvalue weighted by atomic mass is 10.2. The molecule has 0 aromatic carbocycles. The van der Waals surface area contributed by atoms with Crippen LogP contribution in [0.25, 0.3) is 0 Å². The lowest BCUT2D eigenvalue weighted by Gasteiger charge is -2.18. The summed E-state index contributed by atoms with van der Waals surface area (Å²) in [5, 5.41) is 6.76. The Bertz CT molecular complexity index is 322. The first kappa shape index (κ1) is 14.5. The summed E-state index contributed by atoms with van der Waals surface area (Å²) in [4.78, 5) is 6.94. The molecule has 1 heterocycles. The summed E-state index contributed by atoms with van der Waals surface area (Å²) in [5.41, 5.74) is 1.16. The summed E-state index contributed by atoms with van der Waals surface area (Å²) >= 11 is 1.74. The largest absolute Gasteiger partial charge is 0.351 e. The Kier molecular flexibility index (Phi) is 5.92. The third-order valence-corrected chi connectivity index (χ3v) is 3.59. The van der Waals surface area contributed by atoms with Crippen molar-refractivity contribution in [3.8, 4) is 0 Å². The van der Waals surface area contributed by atoms with Crippen LogP contribution in [0.15, 0.2) is 5.38 Å². The molecule has 17 heavy (non-hydrogen) atoms. The Morgan fingerprint density at radius 1 is 1.41 bits per heavy atom. The fraction of sp³-hybridized carbons (Fsp3) is 0.769. The van der Waals surface area contributed by atoms with Gasteiger partial charge in [0.2, 0.25) is 0 Å². The van der Waals surface area contributed by atoms with Crippen LogP contribution < -0.4 is 10.2 Å². The molecule has 4 heteroatoms. The zero-order valence-electron chi connectivity index (χ0n) is 11.7.